The Kier molecular flexibility index (Phi) is 4.98. The van der Waals surface area contributed by atoms with Gasteiger partial charge in [0, 0.05) is 16.5 Å². The number of thioether (sulfide) groups is 1. The van der Waals surface area contributed by atoms with Crippen LogP contribution in [0.25, 0.3) is 0 Å². The maximum Gasteiger partial charge on any atom is 0.234 e. The van der Waals surface area contributed by atoms with Crippen molar-refractivity contribution in [2.45, 2.75) is 12.7 Å². The van der Waals surface area contributed by atoms with Crippen molar-refractivity contribution in [3.05, 3.63) is 52.5 Å². The summed E-state index contributed by atoms with van der Waals surface area (Å²) in [4.78, 5) is 12.0. The summed E-state index contributed by atoms with van der Waals surface area (Å²) in [6.45, 7) is 2.21. The number of hydrogen-bond donors (Lipinski definition) is 1. The van der Waals surface area contributed by atoms with Gasteiger partial charge in [-0.15, -0.1) is 11.8 Å². The topological polar surface area (TPSA) is 47.6 Å². The van der Waals surface area contributed by atoms with Crippen LogP contribution in [0.5, 0.6) is 11.5 Å². The smallest absolute Gasteiger partial charge is 0.234 e. The molecule has 0 saturated carbocycles. The second-order valence-corrected chi connectivity index (χ2v) is 6.61. The minimum absolute atomic E-state index is 0.0406. The van der Waals surface area contributed by atoms with Crippen LogP contribution in [0.3, 0.4) is 0 Å². The van der Waals surface area contributed by atoms with E-state index in [-0.39, 0.29) is 12.7 Å². The lowest BCUT2D eigenvalue weighted by Gasteiger charge is -2.09. The van der Waals surface area contributed by atoms with Crippen LogP contribution in [-0.4, -0.2) is 18.5 Å². The molecule has 0 saturated heterocycles. The zero-order chi connectivity index (χ0) is 16.2. The molecule has 0 atom stereocenters. The molecule has 120 valence electrons. The van der Waals surface area contributed by atoms with E-state index >= 15 is 0 Å². The number of carbonyl (C=O) groups excluding carboxylic acids is 1. The quantitative estimate of drug-likeness (QED) is 0.876. The molecule has 0 fully saturated rings. The summed E-state index contributed by atoms with van der Waals surface area (Å²) in [5.41, 5.74) is 2.85. The highest BCUT2D eigenvalue weighted by atomic mass is 35.5. The summed E-state index contributed by atoms with van der Waals surface area (Å²) in [6, 6.07) is 11.3. The average Bonchev–Trinajstić information content (AvgIpc) is 2.98. The highest BCUT2D eigenvalue weighted by Crippen LogP contribution is 2.33. The minimum atomic E-state index is -0.0406. The first kappa shape index (κ1) is 16.0. The monoisotopic (exact) mass is 349 g/mol. The van der Waals surface area contributed by atoms with Gasteiger partial charge in [0.2, 0.25) is 12.7 Å². The highest BCUT2D eigenvalue weighted by molar-refractivity contribution is 7.99. The van der Waals surface area contributed by atoms with Crippen molar-refractivity contribution in [1.82, 2.24) is 0 Å². The fraction of sp³-hybridized carbons (Fsp3) is 0.235. The summed E-state index contributed by atoms with van der Waals surface area (Å²) in [5.74, 6) is 2.61. The molecule has 1 heterocycles. The van der Waals surface area contributed by atoms with Gasteiger partial charge in [0.05, 0.1) is 5.75 Å². The van der Waals surface area contributed by atoms with Gasteiger partial charge in [-0.3, -0.25) is 4.79 Å². The van der Waals surface area contributed by atoms with Gasteiger partial charge in [0.15, 0.2) is 11.5 Å². The molecule has 0 aromatic heterocycles. The predicted octanol–water partition coefficient (Wildman–Crippen LogP) is 4.25. The number of amides is 1. The maximum absolute atomic E-state index is 12.0. The van der Waals surface area contributed by atoms with Crippen LogP contribution < -0.4 is 14.8 Å². The summed E-state index contributed by atoms with van der Waals surface area (Å²) >= 11 is 7.50. The lowest BCUT2D eigenvalue weighted by atomic mass is 10.2. The Hall–Kier alpha value is -1.85. The van der Waals surface area contributed by atoms with Gasteiger partial charge in [0.1, 0.15) is 0 Å². The molecule has 0 aliphatic carbocycles. The number of nitrogens with one attached hydrogen (secondary N) is 1. The minimum Gasteiger partial charge on any atom is -0.454 e. The third kappa shape index (κ3) is 4.12. The third-order valence-corrected chi connectivity index (χ3v) is 4.65. The Bertz CT molecular complexity index is 736. The van der Waals surface area contributed by atoms with E-state index in [9.17, 15) is 4.79 Å². The molecule has 23 heavy (non-hydrogen) atoms. The van der Waals surface area contributed by atoms with Gasteiger partial charge in [-0.2, -0.15) is 0 Å². The zero-order valence-electron chi connectivity index (χ0n) is 12.6. The molecule has 4 nitrogen and oxygen atoms in total. The van der Waals surface area contributed by atoms with Crippen molar-refractivity contribution >= 4 is 35.0 Å². The fourth-order valence-corrected chi connectivity index (χ4v) is 3.15. The molecular formula is C17H16ClNO3S. The lowest BCUT2D eigenvalue weighted by Crippen LogP contribution is -2.15. The normalized spacial score (nSPS) is 12.3. The van der Waals surface area contributed by atoms with Crippen LogP contribution in [0.1, 0.15) is 11.1 Å². The first-order valence-corrected chi connectivity index (χ1v) is 8.67. The van der Waals surface area contributed by atoms with Gasteiger partial charge < -0.3 is 14.8 Å². The Morgan fingerprint density at radius 2 is 2.04 bits per heavy atom. The Balaban J connectivity index is 1.50. The van der Waals surface area contributed by atoms with Gasteiger partial charge in [-0.1, -0.05) is 23.7 Å². The second kappa shape index (κ2) is 7.15. The molecule has 1 N–H and O–H groups in total. The highest BCUT2D eigenvalue weighted by Gasteiger charge is 2.13. The van der Waals surface area contributed by atoms with Crippen LogP contribution in [0.15, 0.2) is 36.4 Å². The fourth-order valence-electron chi connectivity index (χ4n) is 2.21. The molecule has 0 spiro atoms. The number of ether oxygens (including phenoxy) is 2. The number of benzene rings is 2. The largest absolute Gasteiger partial charge is 0.454 e. The van der Waals surface area contributed by atoms with E-state index in [0.29, 0.717) is 10.8 Å². The van der Waals surface area contributed by atoms with E-state index in [1.165, 1.54) is 0 Å². The van der Waals surface area contributed by atoms with Crippen molar-refractivity contribution in [3.63, 3.8) is 0 Å². The second-order valence-electron chi connectivity index (χ2n) is 5.19. The molecule has 3 rings (SSSR count). The summed E-state index contributed by atoms with van der Waals surface area (Å²) in [7, 11) is 0. The summed E-state index contributed by atoms with van der Waals surface area (Å²) in [6.07, 6.45) is 0. The van der Waals surface area contributed by atoms with E-state index < -0.39 is 0 Å². The van der Waals surface area contributed by atoms with Gasteiger partial charge in [0.25, 0.3) is 0 Å². The number of carbonyl (C=O) groups is 1. The van der Waals surface area contributed by atoms with Crippen molar-refractivity contribution < 1.29 is 14.3 Å². The van der Waals surface area contributed by atoms with Crippen LogP contribution in [0.4, 0.5) is 5.69 Å². The van der Waals surface area contributed by atoms with E-state index in [0.717, 1.165) is 34.1 Å². The molecule has 0 bridgehead atoms. The molecule has 1 amide bonds. The standard InChI is InChI=1S/C17H16ClNO3S/c1-11-2-4-13(18)7-14(11)19-17(20)9-23-8-12-3-5-15-16(6-12)22-10-21-15/h2-7H,8-10H2,1H3,(H,19,20). The van der Waals surface area contributed by atoms with E-state index in [1.54, 1.807) is 23.9 Å². The van der Waals surface area contributed by atoms with Crippen LogP contribution >= 0.6 is 23.4 Å². The maximum atomic E-state index is 12.0. The Morgan fingerprint density at radius 3 is 2.91 bits per heavy atom. The molecule has 0 radical (unpaired) electrons. The average molecular weight is 350 g/mol. The van der Waals surface area contributed by atoms with Crippen LogP contribution in [0.2, 0.25) is 5.02 Å². The molecule has 2 aromatic carbocycles. The third-order valence-electron chi connectivity index (χ3n) is 3.41. The summed E-state index contributed by atoms with van der Waals surface area (Å²) in [5, 5.41) is 3.50. The SMILES string of the molecule is Cc1ccc(Cl)cc1NC(=O)CSCc1ccc2c(c1)OCO2. The summed E-state index contributed by atoms with van der Waals surface area (Å²) < 4.78 is 10.6. The van der Waals surface area contributed by atoms with Crippen molar-refractivity contribution in [2.24, 2.45) is 0 Å². The number of hydrogen-bond acceptors (Lipinski definition) is 4. The van der Waals surface area contributed by atoms with Crippen molar-refractivity contribution in [2.75, 3.05) is 17.9 Å². The van der Waals surface area contributed by atoms with Crippen LogP contribution in [0, 0.1) is 6.92 Å². The van der Waals surface area contributed by atoms with E-state index in [4.69, 9.17) is 21.1 Å². The number of aryl methyl sites for hydroxylation is 1. The number of fused-ring (bicyclic) bond motifs is 1. The Morgan fingerprint density at radius 1 is 1.22 bits per heavy atom. The van der Waals surface area contributed by atoms with Crippen LogP contribution in [-0.2, 0) is 10.5 Å². The molecule has 6 heteroatoms. The van der Waals surface area contributed by atoms with E-state index in [1.807, 2.05) is 31.2 Å². The molecular weight excluding hydrogens is 334 g/mol. The first-order chi connectivity index (χ1) is 11.1. The molecule has 2 aromatic rings. The number of anilines is 1. The number of halogens is 1. The number of rotatable bonds is 5. The van der Waals surface area contributed by atoms with Gasteiger partial charge in [-0.25, -0.2) is 0 Å². The zero-order valence-corrected chi connectivity index (χ0v) is 14.2. The van der Waals surface area contributed by atoms with Gasteiger partial charge in [-0.05, 0) is 42.3 Å². The van der Waals surface area contributed by atoms with E-state index in [2.05, 4.69) is 5.32 Å². The first-order valence-electron chi connectivity index (χ1n) is 7.14. The molecule has 1 aliphatic rings. The Labute approximate surface area is 144 Å². The molecule has 0 unspecified atom stereocenters. The van der Waals surface area contributed by atoms with Crippen molar-refractivity contribution in [3.8, 4) is 11.5 Å². The molecule has 1 aliphatic heterocycles. The van der Waals surface area contributed by atoms with Gasteiger partial charge >= 0.3 is 0 Å². The lowest BCUT2D eigenvalue weighted by molar-refractivity contribution is -0.113. The predicted molar refractivity (Wildman–Crippen MR) is 93.5 cm³/mol. The van der Waals surface area contributed by atoms with Crippen molar-refractivity contribution in [1.29, 1.82) is 0 Å².